The summed E-state index contributed by atoms with van der Waals surface area (Å²) in [6.07, 6.45) is 3.73. The van der Waals surface area contributed by atoms with E-state index in [1.165, 1.54) is 0 Å². The second-order valence-electron chi connectivity index (χ2n) is 5.82. The van der Waals surface area contributed by atoms with Crippen LogP contribution in [-0.4, -0.2) is 28.1 Å². The first-order valence-corrected chi connectivity index (χ1v) is 7.77. The number of carbonyl (C=O) groups is 2. The first kappa shape index (κ1) is 15.3. The highest BCUT2D eigenvalue weighted by atomic mass is 16.2. The lowest BCUT2D eigenvalue weighted by Crippen LogP contribution is -2.27. The van der Waals surface area contributed by atoms with E-state index in [1.807, 2.05) is 44.3 Å². The minimum Gasteiger partial charge on any atom is -0.326 e. The molecule has 2 aromatic rings. The molecule has 120 valence electrons. The summed E-state index contributed by atoms with van der Waals surface area (Å²) in [6, 6.07) is 7.64. The number of aryl methyl sites for hydroxylation is 2. The van der Waals surface area contributed by atoms with Crippen molar-refractivity contribution in [3.63, 3.8) is 0 Å². The van der Waals surface area contributed by atoms with E-state index in [2.05, 4.69) is 10.4 Å². The predicted octanol–water partition coefficient (Wildman–Crippen LogP) is 2.20. The number of anilines is 2. The lowest BCUT2D eigenvalue weighted by atomic mass is 10.1. The van der Waals surface area contributed by atoms with Crippen LogP contribution in [0.1, 0.15) is 18.9 Å². The van der Waals surface area contributed by atoms with Gasteiger partial charge in [0.15, 0.2) is 0 Å². The summed E-state index contributed by atoms with van der Waals surface area (Å²) in [6.45, 7) is 5.10. The van der Waals surface area contributed by atoms with Crippen LogP contribution in [0, 0.1) is 12.8 Å². The zero-order valence-corrected chi connectivity index (χ0v) is 13.3. The van der Waals surface area contributed by atoms with E-state index < -0.39 is 0 Å². The molecule has 2 amide bonds. The fraction of sp³-hybridized carbons (Fsp3) is 0.353. The molecular formula is C17H20N4O2. The van der Waals surface area contributed by atoms with Gasteiger partial charge in [0.05, 0.1) is 17.8 Å². The predicted molar refractivity (Wildman–Crippen MR) is 88.2 cm³/mol. The second kappa shape index (κ2) is 6.24. The van der Waals surface area contributed by atoms with Crippen molar-refractivity contribution >= 4 is 23.2 Å². The molecule has 3 rings (SSSR count). The first-order chi connectivity index (χ1) is 11.1. The number of amides is 2. The molecule has 1 fully saturated rings. The zero-order chi connectivity index (χ0) is 16.4. The molecular weight excluding hydrogens is 292 g/mol. The third kappa shape index (κ3) is 3.26. The van der Waals surface area contributed by atoms with Gasteiger partial charge in [-0.25, -0.2) is 0 Å². The molecule has 1 aromatic carbocycles. The molecule has 1 unspecified atom stereocenters. The Balaban J connectivity index is 1.68. The van der Waals surface area contributed by atoms with Gasteiger partial charge >= 0.3 is 0 Å². The van der Waals surface area contributed by atoms with Gasteiger partial charge in [0.2, 0.25) is 11.8 Å². The van der Waals surface area contributed by atoms with Crippen LogP contribution in [-0.2, 0) is 16.1 Å². The van der Waals surface area contributed by atoms with E-state index in [0.717, 1.165) is 23.5 Å². The van der Waals surface area contributed by atoms with Crippen LogP contribution in [0.15, 0.2) is 36.7 Å². The zero-order valence-electron chi connectivity index (χ0n) is 13.3. The van der Waals surface area contributed by atoms with Crippen LogP contribution in [0.2, 0.25) is 0 Å². The number of carbonyl (C=O) groups excluding carboxylic acids is 2. The molecule has 1 aliphatic rings. The molecule has 23 heavy (non-hydrogen) atoms. The summed E-state index contributed by atoms with van der Waals surface area (Å²) >= 11 is 0. The molecule has 0 spiro atoms. The molecule has 6 nitrogen and oxygen atoms in total. The van der Waals surface area contributed by atoms with Gasteiger partial charge in [-0.1, -0.05) is 12.1 Å². The van der Waals surface area contributed by atoms with Crippen molar-refractivity contribution in [3.8, 4) is 0 Å². The maximum absolute atomic E-state index is 12.4. The van der Waals surface area contributed by atoms with Crippen LogP contribution in [0.3, 0.4) is 0 Å². The maximum Gasteiger partial charge on any atom is 0.229 e. The van der Waals surface area contributed by atoms with Gasteiger partial charge in [0.25, 0.3) is 0 Å². The number of nitrogens with zero attached hydrogens (tertiary/aromatic N) is 3. The molecule has 1 saturated heterocycles. The molecule has 0 aliphatic carbocycles. The average molecular weight is 312 g/mol. The van der Waals surface area contributed by atoms with Crippen LogP contribution < -0.4 is 10.2 Å². The van der Waals surface area contributed by atoms with Crippen molar-refractivity contribution in [2.45, 2.75) is 26.8 Å². The Bertz CT molecular complexity index is 738. The highest BCUT2D eigenvalue weighted by Crippen LogP contribution is 2.25. The Morgan fingerprint density at radius 3 is 2.96 bits per heavy atom. The van der Waals surface area contributed by atoms with Gasteiger partial charge in [0, 0.05) is 31.4 Å². The van der Waals surface area contributed by atoms with Crippen molar-refractivity contribution in [2.75, 3.05) is 16.8 Å². The van der Waals surface area contributed by atoms with Crippen molar-refractivity contribution in [3.05, 3.63) is 42.2 Å². The molecule has 1 aliphatic heterocycles. The maximum atomic E-state index is 12.4. The van der Waals surface area contributed by atoms with E-state index in [1.54, 1.807) is 15.8 Å². The molecule has 0 bridgehead atoms. The fourth-order valence-electron chi connectivity index (χ4n) is 2.76. The number of aromatic nitrogens is 2. The average Bonchev–Trinajstić information content (AvgIpc) is 3.13. The largest absolute Gasteiger partial charge is 0.326 e. The van der Waals surface area contributed by atoms with Crippen LogP contribution >= 0.6 is 0 Å². The Hall–Kier alpha value is -2.63. The third-order valence-electron chi connectivity index (χ3n) is 4.04. The molecule has 6 heteroatoms. The minimum atomic E-state index is -0.340. The molecule has 0 radical (unpaired) electrons. The van der Waals surface area contributed by atoms with Crippen molar-refractivity contribution in [1.29, 1.82) is 0 Å². The number of hydrogen-bond acceptors (Lipinski definition) is 3. The normalized spacial score (nSPS) is 17.6. The lowest BCUT2D eigenvalue weighted by molar-refractivity contribution is -0.122. The van der Waals surface area contributed by atoms with Crippen molar-refractivity contribution in [2.24, 2.45) is 5.92 Å². The minimum absolute atomic E-state index is 0.0370. The Morgan fingerprint density at radius 1 is 1.43 bits per heavy atom. The van der Waals surface area contributed by atoms with Crippen LogP contribution in [0.5, 0.6) is 0 Å². The number of nitrogens with one attached hydrogen (secondary N) is 1. The number of benzene rings is 1. The van der Waals surface area contributed by atoms with Crippen molar-refractivity contribution < 1.29 is 9.59 Å². The van der Waals surface area contributed by atoms with E-state index in [-0.39, 0.29) is 24.2 Å². The standard InChI is InChI=1S/C17H20N4O2/c1-3-20-11-15(9-18-20)21-10-13(8-16(21)22)17(23)19-14-6-4-5-12(2)7-14/h4-7,9,11,13H,3,8,10H2,1-2H3,(H,19,23). The van der Waals surface area contributed by atoms with Gasteiger partial charge < -0.3 is 10.2 Å². The van der Waals surface area contributed by atoms with Gasteiger partial charge in [0.1, 0.15) is 0 Å². The van der Waals surface area contributed by atoms with E-state index in [9.17, 15) is 9.59 Å². The highest BCUT2D eigenvalue weighted by molar-refractivity contribution is 6.03. The highest BCUT2D eigenvalue weighted by Gasteiger charge is 2.35. The second-order valence-corrected chi connectivity index (χ2v) is 5.82. The third-order valence-corrected chi connectivity index (χ3v) is 4.04. The van der Waals surface area contributed by atoms with Gasteiger partial charge in [-0.15, -0.1) is 0 Å². The van der Waals surface area contributed by atoms with E-state index >= 15 is 0 Å². The number of rotatable bonds is 4. The van der Waals surface area contributed by atoms with E-state index in [4.69, 9.17) is 0 Å². The molecule has 0 saturated carbocycles. The van der Waals surface area contributed by atoms with Crippen molar-refractivity contribution in [1.82, 2.24) is 9.78 Å². The Labute approximate surface area is 135 Å². The SMILES string of the molecule is CCn1cc(N2CC(C(=O)Nc3cccc(C)c3)CC2=O)cn1. The van der Waals surface area contributed by atoms with Crippen LogP contribution in [0.4, 0.5) is 11.4 Å². The van der Waals surface area contributed by atoms with Gasteiger partial charge in [-0.2, -0.15) is 5.10 Å². The fourth-order valence-corrected chi connectivity index (χ4v) is 2.76. The summed E-state index contributed by atoms with van der Waals surface area (Å²) in [5.74, 6) is -0.493. The Kier molecular flexibility index (Phi) is 4.14. The summed E-state index contributed by atoms with van der Waals surface area (Å²) in [4.78, 5) is 26.2. The first-order valence-electron chi connectivity index (χ1n) is 7.77. The smallest absolute Gasteiger partial charge is 0.229 e. The summed E-state index contributed by atoms with van der Waals surface area (Å²) < 4.78 is 1.77. The lowest BCUT2D eigenvalue weighted by Gasteiger charge is -2.14. The Morgan fingerprint density at radius 2 is 2.26 bits per heavy atom. The summed E-state index contributed by atoms with van der Waals surface area (Å²) in [5.41, 5.74) is 2.60. The molecule has 2 heterocycles. The van der Waals surface area contributed by atoms with Gasteiger partial charge in [-0.05, 0) is 31.5 Å². The quantitative estimate of drug-likeness (QED) is 0.941. The van der Waals surface area contributed by atoms with Crippen LogP contribution in [0.25, 0.3) is 0 Å². The van der Waals surface area contributed by atoms with Gasteiger partial charge in [-0.3, -0.25) is 14.3 Å². The summed E-state index contributed by atoms with van der Waals surface area (Å²) in [7, 11) is 0. The number of hydrogen-bond donors (Lipinski definition) is 1. The summed E-state index contributed by atoms with van der Waals surface area (Å²) in [5, 5.41) is 7.08. The monoisotopic (exact) mass is 312 g/mol. The molecule has 1 atom stereocenters. The molecule has 1 N–H and O–H groups in total. The topological polar surface area (TPSA) is 67.2 Å². The molecule has 1 aromatic heterocycles. The van der Waals surface area contributed by atoms with E-state index in [0.29, 0.717) is 6.54 Å².